The van der Waals surface area contributed by atoms with Crippen LogP contribution < -0.4 is 11.1 Å². The molecule has 1 amide bonds. The van der Waals surface area contributed by atoms with Crippen LogP contribution in [-0.2, 0) is 4.79 Å². The summed E-state index contributed by atoms with van der Waals surface area (Å²) in [7, 11) is 0. The number of primary amides is 1. The summed E-state index contributed by atoms with van der Waals surface area (Å²) in [5, 5.41) is 3.47. The summed E-state index contributed by atoms with van der Waals surface area (Å²) in [4.78, 5) is 14.5. The molecule has 3 aliphatic rings. The van der Waals surface area contributed by atoms with E-state index >= 15 is 0 Å². The summed E-state index contributed by atoms with van der Waals surface area (Å²) in [6.07, 6.45) is 11.6. The van der Waals surface area contributed by atoms with Gasteiger partial charge in [-0.05, 0) is 64.3 Å². The fourth-order valence-electron chi connectivity index (χ4n) is 4.32. The molecule has 21 heavy (non-hydrogen) atoms. The van der Waals surface area contributed by atoms with Crippen molar-refractivity contribution in [3.05, 3.63) is 0 Å². The Labute approximate surface area is 128 Å². The van der Waals surface area contributed by atoms with Crippen LogP contribution in [0.15, 0.2) is 0 Å². The van der Waals surface area contributed by atoms with Gasteiger partial charge in [-0.2, -0.15) is 0 Å². The zero-order valence-electron chi connectivity index (χ0n) is 13.4. The van der Waals surface area contributed by atoms with E-state index in [4.69, 9.17) is 5.73 Å². The van der Waals surface area contributed by atoms with Crippen molar-refractivity contribution in [1.82, 2.24) is 10.2 Å². The number of carbonyl (C=O) groups excluding carboxylic acids is 1. The topological polar surface area (TPSA) is 58.4 Å². The van der Waals surface area contributed by atoms with Crippen LogP contribution in [0.4, 0.5) is 0 Å². The molecule has 0 spiro atoms. The van der Waals surface area contributed by atoms with Gasteiger partial charge in [0.15, 0.2) is 0 Å². The van der Waals surface area contributed by atoms with Crippen LogP contribution in [0.5, 0.6) is 0 Å². The Kier molecular flexibility index (Phi) is 4.55. The highest BCUT2D eigenvalue weighted by atomic mass is 16.1. The predicted octanol–water partition coefficient (Wildman–Crippen LogP) is 2.03. The second kappa shape index (κ2) is 6.25. The lowest BCUT2D eigenvalue weighted by Crippen LogP contribution is -2.55. The molecule has 4 nitrogen and oxygen atoms in total. The van der Waals surface area contributed by atoms with Gasteiger partial charge in [-0.3, -0.25) is 4.79 Å². The van der Waals surface area contributed by atoms with Gasteiger partial charge >= 0.3 is 0 Å². The first-order valence-electron chi connectivity index (χ1n) is 8.90. The number of hydrogen-bond donors (Lipinski definition) is 2. The summed E-state index contributed by atoms with van der Waals surface area (Å²) in [5.74, 6) is 0.717. The van der Waals surface area contributed by atoms with Crippen molar-refractivity contribution in [2.24, 2.45) is 11.7 Å². The van der Waals surface area contributed by atoms with Gasteiger partial charge in [0.25, 0.3) is 0 Å². The molecule has 3 fully saturated rings. The van der Waals surface area contributed by atoms with Gasteiger partial charge in [0.1, 0.15) is 0 Å². The maximum Gasteiger partial charge on any atom is 0.237 e. The lowest BCUT2D eigenvalue weighted by Gasteiger charge is -2.34. The number of rotatable bonds is 7. The Morgan fingerprint density at radius 2 is 1.90 bits per heavy atom. The van der Waals surface area contributed by atoms with Crippen LogP contribution >= 0.6 is 0 Å². The maximum atomic E-state index is 11.9. The number of nitrogens with zero attached hydrogens (tertiary/aromatic N) is 1. The largest absolute Gasteiger partial charge is 0.368 e. The van der Waals surface area contributed by atoms with E-state index in [2.05, 4.69) is 10.2 Å². The molecule has 120 valence electrons. The quantitative estimate of drug-likeness (QED) is 0.755. The minimum atomic E-state index is -0.524. The smallest absolute Gasteiger partial charge is 0.237 e. The number of amides is 1. The second-order valence-corrected chi connectivity index (χ2v) is 7.66. The van der Waals surface area contributed by atoms with Crippen molar-refractivity contribution < 1.29 is 4.79 Å². The van der Waals surface area contributed by atoms with E-state index in [0.717, 1.165) is 24.9 Å². The first-order valence-corrected chi connectivity index (χ1v) is 8.90. The molecule has 0 aromatic rings. The molecular weight excluding hydrogens is 262 g/mol. The molecule has 0 radical (unpaired) electrons. The van der Waals surface area contributed by atoms with Crippen LogP contribution in [0, 0.1) is 5.92 Å². The zero-order valence-corrected chi connectivity index (χ0v) is 13.4. The molecule has 0 aromatic carbocycles. The summed E-state index contributed by atoms with van der Waals surface area (Å²) in [5.41, 5.74) is 5.14. The van der Waals surface area contributed by atoms with E-state index in [-0.39, 0.29) is 5.91 Å². The zero-order chi connectivity index (χ0) is 14.9. The lowest BCUT2D eigenvalue weighted by atomic mass is 9.93. The average Bonchev–Trinajstić information content (AvgIpc) is 2.96. The summed E-state index contributed by atoms with van der Waals surface area (Å²) in [6.45, 7) is 4.22. The van der Waals surface area contributed by atoms with Crippen LogP contribution in [-0.4, -0.2) is 41.5 Å². The molecule has 2 atom stereocenters. The Balaban J connectivity index is 1.55. The standard InChI is InChI=1S/C17H31N3O/c1-17(16(18)21,19-14-8-9-14)10-12-20-11-4-7-15(20)13-5-2-3-6-13/h13-15,19H,2-12H2,1H3,(H2,18,21). The van der Waals surface area contributed by atoms with Gasteiger partial charge in [0.2, 0.25) is 5.91 Å². The molecule has 1 heterocycles. The van der Waals surface area contributed by atoms with Crippen LogP contribution in [0.1, 0.15) is 64.7 Å². The van der Waals surface area contributed by atoms with E-state index in [1.807, 2.05) is 6.92 Å². The molecular formula is C17H31N3O. The molecule has 0 bridgehead atoms. The number of nitrogens with two attached hydrogens (primary N) is 1. The summed E-state index contributed by atoms with van der Waals surface area (Å²) < 4.78 is 0. The third kappa shape index (κ3) is 3.59. The number of carbonyl (C=O) groups is 1. The monoisotopic (exact) mass is 293 g/mol. The maximum absolute atomic E-state index is 11.9. The molecule has 1 aliphatic heterocycles. The molecule has 3 N–H and O–H groups in total. The highest BCUT2D eigenvalue weighted by Gasteiger charge is 2.39. The van der Waals surface area contributed by atoms with Gasteiger partial charge in [0, 0.05) is 18.6 Å². The van der Waals surface area contributed by atoms with Crippen molar-refractivity contribution in [3.63, 3.8) is 0 Å². The van der Waals surface area contributed by atoms with Crippen molar-refractivity contribution in [1.29, 1.82) is 0 Å². The fourth-order valence-corrected chi connectivity index (χ4v) is 4.32. The molecule has 2 aliphatic carbocycles. The number of nitrogens with one attached hydrogen (secondary N) is 1. The first kappa shape index (κ1) is 15.3. The third-order valence-corrected chi connectivity index (χ3v) is 5.90. The lowest BCUT2D eigenvalue weighted by molar-refractivity contribution is -0.124. The van der Waals surface area contributed by atoms with Crippen molar-refractivity contribution in [2.45, 2.75) is 82.3 Å². The summed E-state index contributed by atoms with van der Waals surface area (Å²) >= 11 is 0. The van der Waals surface area contributed by atoms with Gasteiger partial charge in [-0.1, -0.05) is 12.8 Å². The molecule has 1 saturated heterocycles. The second-order valence-electron chi connectivity index (χ2n) is 7.66. The average molecular weight is 293 g/mol. The highest BCUT2D eigenvalue weighted by Crippen LogP contribution is 2.35. The minimum Gasteiger partial charge on any atom is -0.368 e. The Bertz CT molecular complexity index is 376. The highest BCUT2D eigenvalue weighted by molar-refractivity contribution is 5.84. The van der Waals surface area contributed by atoms with Crippen molar-refractivity contribution in [2.75, 3.05) is 13.1 Å². The first-order chi connectivity index (χ1) is 10.1. The van der Waals surface area contributed by atoms with E-state index in [1.54, 1.807) is 0 Å². The SMILES string of the molecule is CC(CCN1CCCC1C1CCCC1)(NC1CC1)C(N)=O. The van der Waals surface area contributed by atoms with E-state index < -0.39 is 5.54 Å². The molecule has 4 heteroatoms. The molecule has 3 rings (SSSR count). The predicted molar refractivity (Wildman–Crippen MR) is 84.9 cm³/mol. The van der Waals surface area contributed by atoms with Crippen LogP contribution in [0.3, 0.4) is 0 Å². The van der Waals surface area contributed by atoms with E-state index in [0.29, 0.717) is 6.04 Å². The summed E-state index contributed by atoms with van der Waals surface area (Å²) in [6, 6.07) is 1.29. The van der Waals surface area contributed by atoms with Crippen molar-refractivity contribution in [3.8, 4) is 0 Å². The van der Waals surface area contributed by atoms with E-state index in [1.165, 1.54) is 57.9 Å². The molecule has 2 unspecified atom stereocenters. The van der Waals surface area contributed by atoms with Gasteiger partial charge in [-0.25, -0.2) is 0 Å². The molecule has 0 aromatic heterocycles. The third-order valence-electron chi connectivity index (χ3n) is 5.90. The van der Waals surface area contributed by atoms with Crippen molar-refractivity contribution >= 4 is 5.91 Å². The fraction of sp³-hybridized carbons (Fsp3) is 0.941. The van der Waals surface area contributed by atoms with Crippen LogP contribution in [0.25, 0.3) is 0 Å². The number of hydrogen-bond acceptors (Lipinski definition) is 3. The van der Waals surface area contributed by atoms with Gasteiger partial charge < -0.3 is 16.0 Å². The van der Waals surface area contributed by atoms with E-state index in [9.17, 15) is 4.79 Å². The Morgan fingerprint density at radius 1 is 1.19 bits per heavy atom. The van der Waals surface area contributed by atoms with Gasteiger partial charge in [0.05, 0.1) is 5.54 Å². The molecule has 2 saturated carbocycles. The Morgan fingerprint density at radius 3 is 2.52 bits per heavy atom. The van der Waals surface area contributed by atoms with Crippen LogP contribution in [0.2, 0.25) is 0 Å². The number of likely N-dealkylation sites (tertiary alicyclic amines) is 1. The Hall–Kier alpha value is -0.610. The normalized spacial score (nSPS) is 30.6. The minimum absolute atomic E-state index is 0.189. The van der Waals surface area contributed by atoms with Gasteiger partial charge in [-0.15, -0.1) is 0 Å².